The molecule has 0 spiro atoms. The molecule has 4 rings (SSSR count). The topological polar surface area (TPSA) is 139 Å². The Morgan fingerprint density at radius 3 is 2.42 bits per heavy atom. The smallest absolute Gasteiger partial charge is 0.336 e. The molecule has 0 amide bonds. The first-order chi connectivity index (χ1) is 15.0. The Morgan fingerprint density at radius 2 is 1.68 bits per heavy atom. The van der Waals surface area contributed by atoms with Crippen LogP contribution in [0, 0.1) is 0 Å². The lowest BCUT2D eigenvalue weighted by Gasteiger charge is -2.39. The highest BCUT2D eigenvalue weighted by Gasteiger charge is 2.45. The van der Waals surface area contributed by atoms with Crippen molar-refractivity contribution >= 4 is 11.0 Å². The Morgan fingerprint density at radius 1 is 0.903 bits per heavy atom. The van der Waals surface area contributed by atoms with E-state index in [1.807, 2.05) is 30.3 Å². The summed E-state index contributed by atoms with van der Waals surface area (Å²) < 4.78 is 22.3. The Hall–Kier alpha value is -2.95. The lowest BCUT2D eigenvalue weighted by atomic mass is 9.99. The number of benzene rings is 2. The van der Waals surface area contributed by atoms with Crippen LogP contribution in [0.3, 0.4) is 0 Å². The average Bonchev–Trinajstić information content (AvgIpc) is 2.78. The van der Waals surface area contributed by atoms with Gasteiger partial charge in [0.1, 0.15) is 36.6 Å². The monoisotopic (exact) mass is 430 g/mol. The molecule has 0 radical (unpaired) electrons. The van der Waals surface area contributed by atoms with Crippen molar-refractivity contribution in [1.29, 1.82) is 0 Å². The third kappa shape index (κ3) is 4.55. The fourth-order valence-corrected chi connectivity index (χ4v) is 3.31. The highest BCUT2D eigenvalue weighted by atomic mass is 16.7. The molecular formula is C22H22O9. The van der Waals surface area contributed by atoms with Crippen molar-refractivity contribution in [2.45, 2.75) is 37.3 Å². The summed E-state index contributed by atoms with van der Waals surface area (Å²) in [5, 5.41) is 40.2. The first kappa shape index (κ1) is 21.3. The summed E-state index contributed by atoms with van der Waals surface area (Å²) in [5.41, 5.74) is 0.636. The molecule has 9 nitrogen and oxygen atoms in total. The number of fused-ring (bicyclic) bond motifs is 1. The molecule has 0 unspecified atom stereocenters. The first-order valence-electron chi connectivity index (χ1n) is 9.68. The Labute approximate surface area is 176 Å². The second-order valence-electron chi connectivity index (χ2n) is 7.18. The van der Waals surface area contributed by atoms with E-state index in [2.05, 4.69) is 0 Å². The SMILES string of the molecule is O=c1ccc2cc(O[C@@H]3O[C@H](CO)[C@H](O)[C@H](O)[C@H]3O)c(OCc3ccccc3)cc2o1. The number of aliphatic hydroxyl groups excluding tert-OH is 4. The average molecular weight is 430 g/mol. The highest BCUT2D eigenvalue weighted by molar-refractivity contribution is 5.80. The summed E-state index contributed by atoms with van der Waals surface area (Å²) in [4.78, 5) is 11.6. The van der Waals surface area contributed by atoms with E-state index in [9.17, 15) is 25.2 Å². The molecule has 5 atom stereocenters. The molecule has 1 fully saturated rings. The van der Waals surface area contributed by atoms with Gasteiger partial charge >= 0.3 is 5.63 Å². The van der Waals surface area contributed by atoms with Gasteiger partial charge in [-0.2, -0.15) is 0 Å². The number of ether oxygens (including phenoxy) is 3. The number of aliphatic hydroxyl groups is 4. The van der Waals surface area contributed by atoms with Crippen LogP contribution in [0.2, 0.25) is 0 Å². The van der Waals surface area contributed by atoms with E-state index < -0.39 is 42.9 Å². The van der Waals surface area contributed by atoms with Gasteiger partial charge in [-0.1, -0.05) is 30.3 Å². The molecular weight excluding hydrogens is 408 g/mol. The standard InChI is InChI=1S/C22H22O9/c23-10-17-19(25)20(26)21(27)22(31-17)30-16-8-13-6-7-18(24)29-14(13)9-15(16)28-11-12-4-2-1-3-5-12/h1-9,17,19-23,25-27H,10-11H2/t17-,19+,20+,21-,22-/m1/s1. The van der Waals surface area contributed by atoms with E-state index in [1.54, 1.807) is 12.1 Å². The molecule has 4 N–H and O–H groups in total. The predicted octanol–water partition coefficient (Wildman–Crippen LogP) is 0.551. The zero-order valence-electron chi connectivity index (χ0n) is 16.3. The lowest BCUT2D eigenvalue weighted by molar-refractivity contribution is -0.277. The zero-order chi connectivity index (χ0) is 22.0. The summed E-state index contributed by atoms with van der Waals surface area (Å²) >= 11 is 0. The molecule has 0 saturated carbocycles. The fourth-order valence-electron chi connectivity index (χ4n) is 3.31. The van der Waals surface area contributed by atoms with Gasteiger partial charge in [0, 0.05) is 17.5 Å². The van der Waals surface area contributed by atoms with Crippen molar-refractivity contribution in [2.24, 2.45) is 0 Å². The predicted molar refractivity (Wildman–Crippen MR) is 108 cm³/mol. The molecule has 2 heterocycles. The molecule has 164 valence electrons. The van der Waals surface area contributed by atoms with Crippen LogP contribution in [0.25, 0.3) is 11.0 Å². The van der Waals surface area contributed by atoms with Gasteiger partial charge in [0.2, 0.25) is 6.29 Å². The number of hydrogen-bond donors (Lipinski definition) is 4. The third-order valence-corrected chi connectivity index (χ3v) is 5.01. The van der Waals surface area contributed by atoms with Gasteiger partial charge in [0.15, 0.2) is 11.5 Å². The fraction of sp³-hybridized carbons (Fsp3) is 0.318. The number of hydrogen-bond acceptors (Lipinski definition) is 9. The molecule has 9 heteroatoms. The summed E-state index contributed by atoms with van der Waals surface area (Å²) in [6.07, 6.45) is -7.16. The van der Waals surface area contributed by atoms with Crippen LogP contribution in [-0.4, -0.2) is 57.7 Å². The van der Waals surface area contributed by atoms with Gasteiger partial charge in [-0.15, -0.1) is 0 Å². The van der Waals surface area contributed by atoms with Gasteiger partial charge < -0.3 is 39.1 Å². The maximum absolute atomic E-state index is 11.6. The minimum atomic E-state index is -1.58. The maximum Gasteiger partial charge on any atom is 0.336 e. The van der Waals surface area contributed by atoms with Crippen LogP contribution in [0.15, 0.2) is 63.8 Å². The lowest BCUT2D eigenvalue weighted by Crippen LogP contribution is -2.60. The van der Waals surface area contributed by atoms with Crippen LogP contribution in [-0.2, 0) is 11.3 Å². The molecule has 2 aromatic carbocycles. The van der Waals surface area contributed by atoms with Gasteiger partial charge in [0.05, 0.1) is 6.61 Å². The Bertz CT molecular complexity index is 1080. The summed E-state index contributed by atoms with van der Waals surface area (Å²) in [5.74, 6) is 0.365. The van der Waals surface area contributed by atoms with Gasteiger partial charge in [-0.3, -0.25) is 0 Å². The van der Waals surface area contributed by atoms with E-state index in [4.69, 9.17) is 18.6 Å². The quantitative estimate of drug-likeness (QED) is 0.413. The van der Waals surface area contributed by atoms with Crippen LogP contribution in [0.1, 0.15) is 5.56 Å². The van der Waals surface area contributed by atoms with Crippen molar-refractivity contribution in [3.05, 3.63) is 70.6 Å². The van der Waals surface area contributed by atoms with Crippen molar-refractivity contribution in [1.82, 2.24) is 0 Å². The molecule has 3 aromatic rings. The van der Waals surface area contributed by atoms with Crippen LogP contribution in [0.4, 0.5) is 0 Å². The maximum atomic E-state index is 11.6. The summed E-state index contributed by atoms with van der Waals surface area (Å²) in [7, 11) is 0. The molecule has 1 saturated heterocycles. The van der Waals surface area contributed by atoms with E-state index in [0.29, 0.717) is 5.39 Å². The minimum Gasteiger partial charge on any atom is -0.485 e. The van der Waals surface area contributed by atoms with E-state index in [0.717, 1.165) is 5.56 Å². The van der Waals surface area contributed by atoms with E-state index in [-0.39, 0.29) is 23.7 Å². The van der Waals surface area contributed by atoms with Gasteiger partial charge in [-0.05, 0) is 17.7 Å². The van der Waals surface area contributed by atoms with E-state index >= 15 is 0 Å². The van der Waals surface area contributed by atoms with Crippen LogP contribution in [0.5, 0.6) is 11.5 Å². The summed E-state index contributed by atoms with van der Waals surface area (Å²) in [6.45, 7) is -0.389. The van der Waals surface area contributed by atoms with E-state index in [1.165, 1.54) is 12.1 Å². The van der Waals surface area contributed by atoms with Gasteiger partial charge in [-0.25, -0.2) is 4.79 Å². The molecule has 31 heavy (non-hydrogen) atoms. The van der Waals surface area contributed by atoms with Crippen molar-refractivity contribution in [3.63, 3.8) is 0 Å². The second-order valence-corrected chi connectivity index (χ2v) is 7.18. The molecule has 0 bridgehead atoms. The zero-order valence-corrected chi connectivity index (χ0v) is 16.3. The second kappa shape index (κ2) is 9.04. The van der Waals surface area contributed by atoms with Crippen molar-refractivity contribution in [2.75, 3.05) is 6.61 Å². The van der Waals surface area contributed by atoms with Crippen molar-refractivity contribution < 1.29 is 39.1 Å². The Balaban J connectivity index is 1.66. The van der Waals surface area contributed by atoms with Crippen LogP contribution < -0.4 is 15.1 Å². The normalized spacial score (nSPS) is 26.0. The largest absolute Gasteiger partial charge is 0.485 e. The first-order valence-corrected chi connectivity index (χ1v) is 9.68. The van der Waals surface area contributed by atoms with Gasteiger partial charge in [0.25, 0.3) is 0 Å². The molecule has 1 aromatic heterocycles. The third-order valence-electron chi connectivity index (χ3n) is 5.01. The highest BCUT2D eigenvalue weighted by Crippen LogP contribution is 2.35. The minimum absolute atomic E-state index is 0.154. The Kier molecular flexibility index (Phi) is 6.21. The number of rotatable bonds is 6. The molecule has 1 aliphatic rings. The summed E-state index contributed by atoms with van der Waals surface area (Å²) in [6, 6.07) is 15.2. The van der Waals surface area contributed by atoms with Crippen LogP contribution >= 0.6 is 0 Å². The van der Waals surface area contributed by atoms with Crippen molar-refractivity contribution in [3.8, 4) is 11.5 Å². The molecule has 1 aliphatic heterocycles. The molecule has 0 aliphatic carbocycles.